The van der Waals surface area contributed by atoms with Gasteiger partial charge in [-0.05, 0) is 71.4 Å². The zero-order valence-corrected chi connectivity index (χ0v) is 22.8. The van der Waals surface area contributed by atoms with E-state index in [1.54, 1.807) is 11.3 Å². The number of aliphatic hydroxyl groups excluding tert-OH is 2. The number of thiazole rings is 1. The summed E-state index contributed by atoms with van der Waals surface area (Å²) in [6, 6.07) is 0. The largest absolute Gasteiger partial charge is 0.457 e. The summed E-state index contributed by atoms with van der Waals surface area (Å²) in [5, 5.41) is 24.6. The molecule has 7 heteroatoms. The number of hydrogen-bond acceptors (Lipinski definition) is 7. The quantitative estimate of drug-likeness (QED) is 0.391. The van der Waals surface area contributed by atoms with Crippen molar-refractivity contribution < 1.29 is 19.7 Å². The van der Waals surface area contributed by atoms with Crippen LogP contribution in [0, 0.1) is 12.8 Å². The van der Waals surface area contributed by atoms with E-state index in [4.69, 9.17) is 4.74 Å². The van der Waals surface area contributed by atoms with Crippen LogP contribution < -0.4 is 0 Å². The minimum absolute atomic E-state index is 0.0512. The maximum Gasteiger partial charge on any atom is 0.309 e. The third-order valence-corrected chi connectivity index (χ3v) is 8.74. The molecular formula is C26H41NO4S2. The fourth-order valence-corrected chi connectivity index (χ4v) is 6.26. The first-order valence-electron chi connectivity index (χ1n) is 11.9. The molecule has 3 unspecified atom stereocenters. The van der Waals surface area contributed by atoms with Crippen molar-refractivity contribution in [2.24, 2.45) is 5.92 Å². The van der Waals surface area contributed by atoms with Crippen molar-refractivity contribution in [2.75, 3.05) is 0 Å². The summed E-state index contributed by atoms with van der Waals surface area (Å²) in [5.74, 6) is -0.242. The van der Waals surface area contributed by atoms with Crippen molar-refractivity contribution in [2.45, 2.75) is 109 Å². The molecule has 186 valence electrons. The molecule has 1 aliphatic heterocycles. The topological polar surface area (TPSA) is 79.7 Å². The summed E-state index contributed by atoms with van der Waals surface area (Å²) in [6.45, 7) is 14.0. The van der Waals surface area contributed by atoms with E-state index in [2.05, 4.69) is 24.9 Å². The van der Waals surface area contributed by atoms with Gasteiger partial charge in [0, 0.05) is 21.8 Å². The van der Waals surface area contributed by atoms with Gasteiger partial charge < -0.3 is 14.9 Å². The monoisotopic (exact) mass is 495 g/mol. The van der Waals surface area contributed by atoms with Gasteiger partial charge in [0.25, 0.3) is 0 Å². The highest BCUT2D eigenvalue weighted by Crippen LogP contribution is 2.37. The van der Waals surface area contributed by atoms with Crippen LogP contribution in [0.2, 0.25) is 0 Å². The predicted molar refractivity (Wildman–Crippen MR) is 140 cm³/mol. The number of ether oxygens (including phenoxy) is 1. The van der Waals surface area contributed by atoms with E-state index >= 15 is 0 Å². The molecule has 1 aliphatic rings. The number of rotatable bonds is 2. The normalized spacial score (nSPS) is 31.1. The standard InChI is InChI=1S/C26H41NO4S2/c1-16-9-8-10-17(2)25(30)19(4)33-26(6,7)23(28)14-24(29)31-22(12-11-16)18(3)13-21-15-32-20(5)27-21/h11,13,15,17,19,22-23,25,28,30H,8-10,12,14H2,1-7H3/t17-,19?,22-,23?,25?/m0/s1. The highest BCUT2D eigenvalue weighted by molar-refractivity contribution is 8.01. The number of esters is 1. The van der Waals surface area contributed by atoms with Gasteiger partial charge in [-0.1, -0.05) is 25.5 Å². The van der Waals surface area contributed by atoms with Crippen LogP contribution >= 0.6 is 23.1 Å². The number of aromatic nitrogens is 1. The lowest BCUT2D eigenvalue weighted by Gasteiger charge is -2.35. The third kappa shape index (κ3) is 8.85. The molecule has 0 bridgehead atoms. The maximum absolute atomic E-state index is 12.8. The average Bonchev–Trinajstić information content (AvgIpc) is 3.13. The Balaban J connectivity index is 2.27. The molecule has 0 aliphatic carbocycles. The van der Waals surface area contributed by atoms with Crippen molar-refractivity contribution in [1.82, 2.24) is 4.98 Å². The summed E-state index contributed by atoms with van der Waals surface area (Å²) < 4.78 is 5.28. The zero-order chi connectivity index (χ0) is 24.8. The number of hydrogen-bond donors (Lipinski definition) is 2. The molecule has 1 aromatic rings. The number of cyclic esters (lactones) is 1. The Morgan fingerprint density at radius 3 is 2.61 bits per heavy atom. The van der Waals surface area contributed by atoms with E-state index in [1.807, 2.05) is 46.1 Å². The van der Waals surface area contributed by atoms with Gasteiger partial charge in [-0.3, -0.25) is 4.79 Å². The molecule has 0 saturated heterocycles. The summed E-state index contributed by atoms with van der Waals surface area (Å²) in [5.41, 5.74) is 3.07. The van der Waals surface area contributed by atoms with Crippen molar-refractivity contribution in [3.05, 3.63) is 33.3 Å². The molecule has 2 N–H and O–H groups in total. The fourth-order valence-electron chi connectivity index (χ4n) is 4.08. The van der Waals surface area contributed by atoms with E-state index in [-0.39, 0.29) is 17.6 Å². The first-order chi connectivity index (χ1) is 15.4. The van der Waals surface area contributed by atoms with E-state index < -0.39 is 29.0 Å². The van der Waals surface area contributed by atoms with Crippen molar-refractivity contribution in [3.8, 4) is 0 Å². The Morgan fingerprint density at radius 2 is 1.97 bits per heavy atom. The third-order valence-electron chi connectivity index (χ3n) is 6.42. The van der Waals surface area contributed by atoms with Crippen molar-refractivity contribution in [3.63, 3.8) is 0 Å². The highest BCUT2D eigenvalue weighted by atomic mass is 32.2. The molecule has 0 amide bonds. The van der Waals surface area contributed by atoms with Gasteiger partial charge in [-0.25, -0.2) is 4.98 Å². The van der Waals surface area contributed by atoms with Crippen LogP contribution in [0.4, 0.5) is 0 Å². The number of thioether (sulfide) groups is 1. The molecule has 0 fully saturated rings. The zero-order valence-electron chi connectivity index (χ0n) is 21.1. The number of allylic oxidation sites excluding steroid dienone is 1. The fraction of sp³-hybridized carbons (Fsp3) is 0.692. The minimum atomic E-state index is -0.878. The Hall–Kier alpha value is -1.15. The van der Waals surface area contributed by atoms with Gasteiger partial charge in [0.1, 0.15) is 6.10 Å². The molecule has 1 aromatic heterocycles. The van der Waals surface area contributed by atoms with Gasteiger partial charge in [-0.15, -0.1) is 23.1 Å². The first kappa shape index (κ1) is 28.1. The smallest absolute Gasteiger partial charge is 0.309 e. The van der Waals surface area contributed by atoms with Crippen LogP contribution in [0.5, 0.6) is 0 Å². The maximum atomic E-state index is 12.8. The Labute approximate surface area is 207 Å². The second kappa shape index (κ2) is 12.5. The second-order valence-electron chi connectivity index (χ2n) is 9.95. The molecule has 0 spiro atoms. The number of carbonyl (C=O) groups is 1. The lowest BCUT2D eigenvalue weighted by atomic mass is 9.94. The van der Waals surface area contributed by atoms with Crippen molar-refractivity contribution in [1.29, 1.82) is 0 Å². The number of nitrogens with zero attached hydrogens (tertiary/aromatic N) is 1. The molecule has 2 rings (SSSR count). The van der Waals surface area contributed by atoms with Crippen LogP contribution in [-0.2, 0) is 9.53 Å². The van der Waals surface area contributed by atoms with E-state index in [9.17, 15) is 15.0 Å². The Morgan fingerprint density at radius 1 is 1.27 bits per heavy atom. The summed E-state index contributed by atoms with van der Waals surface area (Å²) in [6.07, 6.45) is 5.79. The highest BCUT2D eigenvalue weighted by Gasteiger charge is 2.35. The molecule has 0 aromatic carbocycles. The minimum Gasteiger partial charge on any atom is -0.457 e. The van der Waals surface area contributed by atoms with Crippen LogP contribution in [0.3, 0.4) is 0 Å². The molecular weight excluding hydrogens is 454 g/mol. The molecule has 33 heavy (non-hydrogen) atoms. The Bertz CT molecular complexity index is 845. The van der Waals surface area contributed by atoms with E-state index in [1.165, 1.54) is 17.3 Å². The number of aryl methyl sites for hydroxylation is 1. The number of carbonyl (C=O) groups excluding carboxylic acids is 1. The van der Waals surface area contributed by atoms with Gasteiger partial charge in [0.15, 0.2) is 0 Å². The molecule has 0 saturated carbocycles. The second-order valence-corrected chi connectivity index (χ2v) is 13.0. The summed E-state index contributed by atoms with van der Waals surface area (Å²) in [7, 11) is 0. The van der Waals surface area contributed by atoms with Crippen LogP contribution in [0.15, 0.2) is 22.6 Å². The molecule has 5 nitrogen and oxygen atoms in total. The Kier molecular flexibility index (Phi) is 10.7. The van der Waals surface area contributed by atoms with Gasteiger partial charge in [0.2, 0.25) is 0 Å². The van der Waals surface area contributed by atoms with Crippen LogP contribution in [0.1, 0.15) is 84.3 Å². The lowest BCUT2D eigenvalue weighted by Crippen LogP contribution is -2.40. The predicted octanol–water partition coefficient (Wildman–Crippen LogP) is 5.94. The first-order valence-corrected chi connectivity index (χ1v) is 13.6. The average molecular weight is 496 g/mol. The lowest BCUT2D eigenvalue weighted by molar-refractivity contribution is -0.149. The van der Waals surface area contributed by atoms with E-state index in [0.29, 0.717) is 6.42 Å². The summed E-state index contributed by atoms with van der Waals surface area (Å²) >= 11 is 3.13. The van der Waals surface area contributed by atoms with Crippen LogP contribution in [-0.4, -0.2) is 49.5 Å². The van der Waals surface area contributed by atoms with Crippen molar-refractivity contribution >= 4 is 35.1 Å². The SMILES string of the molecule is CC1=CC[C@@H](C(C)=Cc2csc(C)n2)OC(=O)CC(O)C(C)(C)SC(C)C(O)[C@@H](C)CCC1. The molecule has 5 atom stereocenters. The van der Waals surface area contributed by atoms with Gasteiger partial charge in [-0.2, -0.15) is 0 Å². The van der Waals surface area contributed by atoms with Gasteiger partial charge in [0.05, 0.1) is 29.3 Å². The molecule has 0 radical (unpaired) electrons. The van der Waals surface area contributed by atoms with Crippen LogP contribution in [0.25, 0.3) is 6.08 Å². The van der Waals surface area contributed by atoms with E-state index in [0.717, 1.165) is 35.5 Å². The summed E-state index contributed by atoms with van der Waals surface area (Å²) in [4.78, 5) is 17.3. The number of aliphatic hydroxyl groups is 2. The molecule has 2 heterocycles. The van der Waals surface area contributed by atoms with Gasteiger partial charge >= 0.3 is 5.97 Å².